The maximum Gasteiger partial charge on any atom is 0.243 e. The Hall–Kier alpha value is -9.76. The molecule has 3 aliphatic rings. The van der Waals surface area contributed by atoms with Crippen molar-refractivity contribution in [3.05, 3.63) is 178 Å². The van der Waals surface area contributed by atoms with Gasteiger partial charge in [0, 0.05) is 87.4 Å². The number of oxazole rings is 2. The fourth-order valence-electron chi connectivity index (χ4n) is 13.1. The van der Waals surface area contributed by atoms with Gasteiger partial charge in [-0.15, -0.1) is 11.3 Å². The standard InChI is InChI=1S/C27H33N3O5.C24H28N4O4S.C23H26N4O5/c1-15(2)25(24-11-17(4)29-35-24)27(33)30-13-21(31)12-22(30)23(32)10-16(3)19-6-8-20(9-7-19)26-18(5)28-14-34-26;1-4-19(21-9-14(2)27-32-21)24(31)28-12-18(29)10-20(28)23(30)26-15(3)16-5-7-17(8-6-16)22-11-25-13-33-22;1-3-18(20-8-14(2)26-32-20)23(30)27-12-17(28)9-19(27)22(29)25-10-15-4-6-16(7-5-15)21-11-24-13-31-21/h6-9,11,14-16,21-22,25,31H,10,12-13H2,1-5H3;5-9,11,13,15,18-20,29H,4,10,12H2,1-3H3,(H,26,30);4-8,11,13,17-19,28H,3,9-10,12H2,1-2H3,(H,25,29)/t16-,21-,22+,25-;15-,18+,19+,20-;17-,18-,19+/m101/s1. The molecule has 0 bridgehead atoms. The van der Waals surface area contributed by atoms with Crippen LogP contribution in [0, 0.1) is 33.6 Å². The number of amides is 5. The van der Waals surface area contributed by atoms with Gasteiger partial charge in [0.05, 0.1) is 81.6 Å². The molecule has 3 fully saturated rings. The summed E-state index contributed by atoms with van der Waals surface area (Å²) in [6.45, 7) is 19.5. The van der Waals surface area contributed by atoms with Crippen LogP contribution in [0.3, 0.4) is 0 Å². The van der Waals surface area contributed by atoms with Gasteiger partial charge in [-0.3, -0.25) is 33.8 Å². The van der Waals surface area contributed by atoms with Gasteiger partial charge >= 0.3 is 0 Å². The minimum Gasteiger partial charge on any atom is -0.444 e. The normalized spacial score (nSPS) is 19.6. The van der Waals surface area contributed by atoms with Gasteiger partial charge in [0.1, 0.15) is 35.3 Å². The largest absolute Gasteiger partial charge is 0.444 e. The van der Waals surface area contributed by atoms with Gasteiger partial charge in [0.25, 0.3) is 0 Å². The molecule has 26 heteroatoms. The van der Waals surface area contributed by atoms with Crippen LogP contribution >= 0.6 is 11.3 Å². The molecule has 3 saturated heterocycles. The fraction of sp³-hybridized carbons (Fsp3) is 0.432. The number of carbonyl (C=O) groups is 6. The third-order valence-corrected chi connectivity index (χ3v) is 19.4. The lowest BCUT2D eigenvalue weighted by atomic mass is 9.89. The van der Waals surface area contributed by atoms with E-state index in [1.54, 1.807) is 62.0 Å². The number of aliphatic hydroxyl groups excluding tert-OH is 3. The number of thiazole rings is 1. The lowest BCUT2D eigenvalue weighted by molar-refractivity contribution is -0.140. The second-order valence-electron chi connectivity index (χ2n) is 26.4. The van der Waals surface area contributed by atoms with Gasteiger partial charge < -0.3 is 63.1 Å². The van der Waals surface area contributed by atoms with E-state index in [1.165, 1.54) is 27.5 Å². The number of nitrogens with zero attached hydrogens (tertiary/aromatic N) is 9. The van der Waals surface area contributed by atoms with Crippen molar-refractivity contribution in [2.24, 2.45) is 5.92 Å². The number of nitrogens with one attached hydrogen (secondary N) is 2. The third kappa shape index (κ3) is 17.4. The van der Waals surface area contributed by atoms with Gasteiger partial charge in [0.2, 0.25) is 29.5 Å². The highest BCUT2D eigenvalue weighted by Crippen LogP contribution is 2.36. The van der Waals surface area contributed by atoms with E-state index in [2.05, 4.69) is 41.1 Å². The number of benzene rings is 3. The Balaban J connectivity index is 0.000000162. The summed E-state index contributed by atoms with van der Waals surface area (Å²) in [5.41, 5.74) is 10.5. The molecule has 3 aromatic carbocycles. The quantitative estimate of drug-likeness (QED) is 0.0421. The van der Waals surface area contributed by atoms with E-state index in [0.29, 0.717) is 59.5 Å². The molecular weight excluding hydrogens is 1300 g/mol. The molecule has 9 heterocycles. The summed E-state index contributed by atoms with van der Waals surface area (Å²) >= 11 is 1.57. The number of carbonyl (C=O) groups excluding carboxylic acids is 6. The van der Waals surface area contributed by atoms with E-state index in [4.69, 9.17) is 22.4 Å². The summed E-state index contributed by atoms with van der Waals surface area (Å²) in [5.74, 6) is -0.164. The van der Waals surface area contributed by atoms with Crippen LogP contribution in [0.1, 0.15) is 167 Å². The zero-order chi connectivity index (χ0) is 71.5. The van der Waals surface area contributed by atoms with Gasteiger partial charge in [-0.25, -0.2) is 9.97 Å². The maximum absolute atomic E-state index is 13.6. The minimum absolute atomic E-state index is 0.0418. The Morgan fingerprint density at radius 3 is 1.57 bits per heavy atom. The lowest BCUT2D eigenvalue weighted by Gasteiger charge is -2.29. The molecule has 6 aromatic heterocycles. The summed E-state index contributed by atoms with van der Waals surface area (Å²) < 4.78 is 26.7. The molecule has 0 unspecified atom stereocenters. The molecule has 0 saturated carbocycles. The first-order chi connectivity index (χ1) is 48.0. The van der Waals surface area contributed by atoms with Crippen molar-refractivity contribution in [1.29, 1.82) is 0 Å². The number of ketones is 1. The molecule has 9 aromatic rings. The number of aryl methyl sites for hydroxylation is 4. The zero-order valence-electron chi connectivity index (χ0n) is 57.8. The van der Waals surface area contributed by atoms with Crippen molar-refractivity contribution >= 4 is 46.7 Å². The first kappa shape index (κ1) is 73.0. The summed E-state index contributed by atoms with van der Waals surface area (Å²) in [6, 6.07) is 26.3. The smallest absolute Gasteiger partial charge is 0.243 e. The number of likely N-dealkylation sites (tertiary alicyclic amines) is 3. The summed E-state index contributed by atoms with van der Waals surface area (Å²) in [6.07, 6.45) is 6.00. The van der Waals surface area contributed by atoms with E-state index in [-0.39, 0.29) is 98.5 Å². The maximum atomic E-state index is 13.6. The second-order valence-corrected chi connectivity index (χ2v) is 27.3. The fourth-order valence-corrected chi connectivity index (χ4v) is 13.8. The predicted molar refractivity (Wildman–Crippen MR) is 368 cm³/mol. The van der Waals surface area contributed by atoms with Gasteiger partial charge in [-0.2, -0.15) is 0 Å². The predicted octanol–water partition coefficient (Wildman–Crippen LogP) is 10.3. The number of β-amino-alcohol motifs (C(OH)–C–C–N with tert-alkyl or cyclic N) is 3. The minimum atomic E-state index is -0.746. The Morgan fingerprint density at radius 2 is 1.09 bits per heavy atom. The average Bonchev–Trinajstić information content (AvgIpc) is 1.63. The van der Waals surface area contributed by atoms with Crippen molar-refractivity contribution in [3.63, 3.8) is 0 Å². The number of aromatic nitrogens is 6. The monoisotopic (exact) mass is 1390 g/mol. The van der Waals surface area contributed by atoms with Crippen LogP contribution in [0.15, 0.2) is 144 Å². The first-order valence-corrected chi connectivity index (χ1v) is 34.7. The van der Waals surface area contributed by atoms with E-state index in [9.17, 15) is 44.1 Å². The molecule has 25 nitrogen and oxygen atoms in total. The summed E-state index contributed by atoms with van der Waals surface area (Å²) in [4.78, 5) is 97.2. The Kier molecular flexibility index (Phi) is 24.0. The average molecular weight is 1390 g/mol. The summed E-state index contributed by atoms with van der Waals surface area (Å²) in [7, 11) is 0. The van der Waals surface area contributed by atoms with Crippen LogP contribution in [0.25, 0.3) is 33.1 Å². The van der Waals surface area contributed by atoms with Crippen molar-refractivity contribution in [3.8, 4) is 33.1 Å². The Bertz CT molecular complexity index is 4180. The molecule has 5 amide bonds. The van der Waals surface area contributed by atoms with E-state index < -0.39 is 54.2 Å². The number of Topliss-reactive ketones (excluding diaryl/α,β-unsaturated/α-hetero) is 1. The first-order valence-electron chi connectivity index (χ1n) is 33.8. The second kappa shape index (κ2) is 32.9. The molecule has 0 spiro atoms. The van der Waals surface area contributed by atoms with Gasteiger partial charge in [-0.1, -0.05) is 123 Å². The van der Waals surface area contributed by atoms with Gasteiger partial charge in [0.15, 0.2) is 30.1 Å². The molecule has 11 atom stereocenters. The van der Waals surface area contributed by atoms with Crippen LogP contribution in [0.5, 0.6) is 0 Å². The molecule has 5 N–H and O–H groups in total. The highest BCUT2D eigenvalue weighted by atomic mass is 32.1. The number of rotatable bonds is 22. The number of aliphatic hydroxyl groups is 3. The summed E-state index contributed by atoms with van der Waals surface area (Å²) in [5, 5.41) is 48.4. The van der Waals surface area contributed by atoms with Crippen LogP contribution < -0.4 is 10.6 Å². The van der Waals surface area contributed by atoms with E-state index in [1.807, 2.05) is 127 Å². The van der Waals surface area contributed by atoms with Gasteiger partial charge in [-0.05, 0) is 81.5 Å². The molecule has 528 valence electrons. The lowest BCUT2D eigenvalue weighted by Crippen LogP contribution is -2.47. The van der Waals surface area contributed by atoms with E-state index >= 15 is 0 Å². The molecule has 100 heavy (non-hydrogen) atoms. The van der Waals surface area contributed by atoms with Crippen LogP contribution in [0.4, 0.5) is 0 Å². The zero-order valence-corrected chi connectivity index (χ0v) is 58.6. The van der Waals surface area contributed by atoms with E-state index in [0.717, 1.165) is 49.7 Å². The molecular formula is C74H87N11O14S. The van der Waals surface area contributed by atoms with Crippen molar-refractivity contribution in [2.45, 2.75) is 180 Å². The van der Waals surface area contributed by atoms with Crippen LogP contribution in [-0.2, 0) is 35.3 Å². The Morgan fingerprint density at radius 1 is 0.580 bits per heavy atom. The highest BCUT2D eigenvalue weighted by molar-refractivity contribution is 7.13. The van der Waals surface area contributed by atoms with Crippen LogP contribution in [-0.4, -0.2) is 152 Å². The topological polar surface area (TPSA) is 340 Å². The Labute approximate surface area is 583 Å². The molecule has 0 radical (unpaired) electrons. The third-order valence-electron chi connectivity index (χ3n) is 18.6. The molecule has 3 aliphatic heterocycles. The molecule has 0 aliphatic carbocycles. The van der Waals surface area contributed by atoms with Crippen molar-refractivity contribution < 1.29 is 66.5 Å². The SMILES string of the molecule is CC[C@@H](C(=O)N1C[C@H](O)C[C@H]1C(=O)NCc1ccc(-c2cnco2)cc1)c1cc(C)no1.CC[C@@H](C(=O)N1C[C@H](O)C[C@H]1C(=O)N[C@@H](C)c1ccc(-c2cncs2)cc1)c1cc(C)no1.Cc1cc([C@H](C(=O)N2C[C@H](O)C[C@H]2C(=O)C[C@@H](C)c2ccc(-c3ocnc3C)cc2)C(C)C)on1. The van der Waals surface area contributed by atoms with Crippen LogP contribution in [0.2, 0.25) is 0 Å². The number of hydrogen-bond acceptors (Lipinski definition) is 21. The van der Waals surface area contributed by atoms with Crippen molar-refractivity contribution in [1.82, 2.24) is 55.8 Å². The number of hydrogen-bond donors (Lipinski definition) is 5. The van der Waals surface area contributed by atoms with Crippen molar-refractivity contribution in [2.75, 3.05) is 19.6 Å². The highest BCUT2D eigenvalue weighted by Gasteiger charge is 2.46. The molecule has 12 rings (SSSR count).